The summed E-state index contributed by atoms with van der Waals surface area (Å²) in [6, 6.07) is 2.69. The van der Waals surface area contributed by atoms with E-state index in [4.69, 9.17) is 5.11 Å². The molecule has 0 atom stereocenters. The third kappa shape index (κ3) is 4.54. The average Bonchev–Trinajstić information content (AvgIpc) is 3.20. The van der Waals surface area contributed by atoms with Crippen molar-refractivity contribution in [3.63, 3.8) is 0 Å². The molecule has 0 saturated heterocycles. The van der Waals surface area contributed by atoms with Gasteiger partial charge in [0.15, 0.2) is 0 Å². The van der Waals surface area contributed by atoms with Gasteiger partial charge in [-0.25, -0.2) is 14.6 Å². The minimum atomic E-state index is -1.12. The normalized spacial score (nSPS) is 13.6. The summed E-state index contributed by atoms with van der Waals surface area (Å²) in [6.45, 7) is 0. The van der Waals surface area contributed by atoms with Gasteiger partial charge in [0.25, 0.3) is 0 Å². The quantitative estimate of drug-likeness (QED) is 0.695. The van der Waals surface area contributed by atoms with E-state index in [1.165, 1.54) is 12.3 Å². The predicted octanol–water partition coefficient (Wildman–Crippen LogP) is 0.860. The fraction of sp³-hybridized carbons (Fsp3) is 0.333. The van der Waals surface area contributed by atoms with Crippen LogP contribution < -0.4 is 10.6 Å². The van der Waals surface area contributed by atoms with E-state index in [1.807, 2.05) is 0 Å². The molecule has 7 nitrogen and oxygen atoms in total. The Kier molecular flexibility index (Phi) is 4.57. The van der Waals surface area contributed by atoms with Crippen LogP contribution in [-0.2, 0) is 4.79 Å². The Morgan fingerprint density at radius 1 is 1.40 bits per heavy atom. The van der Waals surface area contributed by atoms with Crippen molar-refractivity contribution in [1.82, 2.24) is 15.6 Å². The highest BCUT2D eigenvalue weighted by molar-refractivity contribution is 8.00. The van der Waals surface area contributed by atoms with Gasteiger partial charge < -0.3 is 10.4 Å². The third-order valence-electron chi connectivity index (χ3n) is 2.49. The monoisotopic (exact) mass is 295 g/mol. The second kappa shape index (κ2) is 6.38. The molecule has 0 aromatic carbocycles. The Labute approximate surface area is 119 Å². The number of nitrogens with one attached hydrogen (secondary N) is 2. The number of carbonyl (C=O) groups excluding carboxylic acids is 2. The summed E-state index contributed by atoms with van der Waals surface area (Å²) >= 11 is 1.14. The zero-order chi connectivity index (χ0) is 14.5. The SMILES string of the molecule is O=C(CSc1ccnc(C(=O)O)c1)NC(=O)NC1CC1. The summed E-state index contributed by atoms with van der Waals surface area (Å²) in [5.41, 5.74) is -0.0816. The molecule has 1 aliphatic rings. The van der Waals surface area contributed by atoms with E-state index in [0.29, 0.717) is 4.90 Å². The highest BCUT2D eigenvalue weighted by Crippen LogP contribution is 2.19. The molecule has 0 bridgehead atoms. The number of carbonyl (C=O) groups is 3. The van der Waals surface area contributed by atoms with Crippen molar-refractivity contribution in [2.75, 3.05) is 5.75 Å². The number of hydrogen-bond donors (Lipinski definition) is 3. The maximum Gasteiger partial charge on any atom is 0.354 e. The van der Waals surface area contributed by atoms with Gasteiger partial charge in [-0.3, -0.25) is 10.1 Å². The second-order valence-corrected chi connectivity index (χ2v) is 5.32. The zero-order valence-corrected chi connectivity index (χ0v) is 11.3. The Balaban J connectivity index is 1.78. The number of carboxylic acid groups (broad SMARTS) is 1. The molecule has 0 spiro atoms. The number of hydrogen-bond acceptors (Lipinski definition) is 5. The van der Waals surface area contributed by atoms with Crippen LogP contribution in [0.4, 0.5) is 4.79 Å². The molecule has 1 saturated carbocycles. The first-order valence-corrected chi connectivity index (χ1v) is 6.95. The molecule has 3 amide bonds. The summed E-state index contributed by atoms with van der Waals surface area (Å²) in [4.78, 5) is 37.9. The number of aromatic nitrogens is 1. The van der Waals surface area contributed by atoms with Crippen LogP contribution in [0, 0.1) is 0 Å². The van der Waals surface area contributed by atoms with E-state index in [0.717, 1.165) is 24.6 Å². The summed E-state index contributed by atoms with van der Waals surface area (Å²) in [5, 5.41) is 13.6. The third-order valence-corrected chi connectivity index (χ3v) is 3.48. The van der Waals surface area contributed by atoms with Crippen LogP contribution in [0.5, 0.6) is 0 Å². The summed E-state index contributed by atoms with van der Waals surface area (Å²) in [6.07, 6.45) is 3.26. The molecule has 106 valence electrons. The number of rotatable bonds is 5. The maximum absolute atomic E-state index is 11.5. The van der Waals surface area contributed by atoms with Gasteiger partial charge in [-0.2, -0.15) is 0 Å². The van der Waals surface area contributed by atoms with Crippen molar-refractivity contribution in [2.24, 2.45) is 0 Å². The maximum atomic E-state index is 11.5. The number of amides is 3. The van der Waals surface area contributed by atoms with E-state index in [9.17, 15) is 14.4 Å². The lowest BCUT2D eigenvalue weighted by Crippen LogP contribution is -2.41. The molecule has 1 aromatic heterocycles. The van der Waals surface area contributed by atoms with Crippen molar-refractivity contribution in [3.8, 4) is 0 Å². The van der Waals surface area contributed by atoms with Crippen molar-refractivity contribution in [1.29, 1.82) is 0 Å². The average molecular weight is 295 g/mol. The minimum Gasteiger partial charge on any atom is -0.477 e. The number of thioether (sulfide) groups is 1. The van der Waals surface area contributed by atoms with Gasteiger partial charge in [0.2, 0.25) is 5.91 Å². The van der Waals surface area contributed by atoms with Crippen LogP contribution in [0.2, 0.25) is 0 Å². The fourth-order valence-corrected chi connectivity index (χ4v) is 2.10. The standard InChI is InChI=1S/C12H13N3O4S/c16-10(15-12(19)14-7-1-2-7)6-20-8-3-4-13-9(5-8)11(17)18/h3-5,7H,1-2,6H2,(H,17,18)(H2,14,15,16,19). The summed E-state index contributed by atoms with van der Waals surface area (Å²) in [5.74, 6) is -1.52. The molecule has 1 aliphatic carbocycles. The number of aromatic carboxylic acids is 1. The minimum absolute atomic E-state index is 0.0289. The zero-order valence-electron chi connectivity index (χ0n) is 10.5. The first kappa shape index (κ1) is 14.3. The van der Waals surface area contributed by atoms with Gasteiger partial charge in [0.05, 0.1) is 5.75 Å². The largest absolute Gasteiger partial charge is 0.477 e. The lowest BCUT2D eigenvalue weighted by atomic mass is 10.3. The first-order chi connectivity index (χ1) is 9.54. The summed E-state index contributed by atoms with van der Waals surface area (Å²) < 4.78 is 0. The Hall–Kier alpha value is -2.09. The smallest absolute Gasteiger partial charge is 0.354 e. The molecular weight excluding hydrogens is 282 g/mol. The van der Waals surface area contributed by atoms with Crippen LogP contribution in [-0.4, -0.2) is 39.8 Å². The Morgan fingerprint density at radius 2 is 2.15 bits per heavy atom. The number of pyridine rings is 1. The molecule has 1 aromatic rings. The highest BCUT2D eigenvalue weighted by atomic mass is 32.2. The predicted molar refractivity (Wildman–Crippen MR) is 71.6 cm³/mol. The highest BCUT2D eigenvalue weighted by Gasteiger charge is 2.23. The van der Waals surface area contributed by atoms with Crippen molar-refractivity contribution < 1.29 is 19.5 Å². The molecule has 8 heteroatoms. The van der Waals surface area contributed by atoms with E-state index in [2.05, 4.69) is 15.6 Å². The van der Waals surface area contributed by atoms with Gasteiger partial charge in [-0.1, -0.05) is 0 Å². The summed E-state index contributed by atoms with van der Waals surface area (Å²) in [7, 11) is 0. The molecule has 2 rings (SSSR count). The number of imide groups is 1. The number of urea groups is 1. The van der Waals surface area contributed by atoms with Gasteiger partial charge in [0, 0.05) is 17.1 Å². The Bertz CT molecular complexity index is 545. The van der Waals surface area contributed by atoms with E-state index < -0.39 is 17.9 Å². The molecule has 0 unspecified atom stereocenters. The van der Waals surface area contributed by atoms with Crippen LogP contribution in [0.1, 0.15) is 23.3 Å². The van der Waals surface area contributed by atoms with Crippen molar-refractivity contribution >= 4 is 29.7 Å². The van der Waals surface area contributed by atoms with E-state index in [1.54, 1.807) is 6.07 Å². The molecule has 20 heavy (non-hydrogen) atoms. The van der Waals surface area contributed by atoms with Gasteiger partial charge >= 0.3 is 12.0 Å². The van der Waals surface area contributed by atoms with Gasteiger partial charge in [-0.15, -0.1) is 11.8 Å². The molecular formula is C12H13N3O4S. The molecule has 1 heterocycles. The van der Waals surface area contributed by atoms with Crippen LogP contribution in [0.3, 0.4) is 0 Å². The van der Waals surface area contributed by atoms with Gasteiger partial charge in [-0.05, 0) is 25.0 Å². The first-order valence-electron chi connectivity index (χ1n) is 5.97. The second-order valence-electron chi connectivity index (χ2n) is 4.27. The van der Waals surface area contributed by atoms with Crippen LogP contribution in [0.15, 0.2) is 23.2 Å². The molecule has 0 aliphatic heterocycles. The molecule has 3 N–H and O–H groups in total. The van der Waals surface area contributed by atoms with Crippen molar-refractivity contribution in [3.05, 3.63) is 24.0 Å². The Morgan fingerprint density at radius 3 is 2.80 bits per heavy atom. The van der Waals surface area contributed by atoms with Crippen LogP contribution >= 0.6 is 11.8 Å². The van der Waals surface area contributed by atoms with Crippen molar-refractivity contribution in [2.45, 2.75) is 23.8 Å². The van der Waals surface area contributed by atoms with E-state index >= 15 is 0 Å². The topological polar surface area (TPSA) is 108 Å². The lowest BCUT2D eigenvalue weighted by molar-refractivity contribution is -0.117. The molecule has 1 fully saturated rings. The van der Waals surface area contributed by atoms with Crippen LogP contribution in [0.25, 0.3) is 0 Å². The number of carboxylic acids is 1. The lowest BCUT2D eigenvalue weighted by Gasteiger charge is -2.05. The van der Waals surface area contributed by atoms with Gasteiger partial charge in [0.1, 0.15) is 5.69 Å². The number of nitrogens with zero attached hydrogens (tertiary/aromatic N) is 1. The molecule has 0 radical (unpaired) electrons. The fourth-order valence-electron chi connectivity index (χ4n) is 1.38. The van der Waals surface area contributed by atoms with E-state index in [-0.39, 0.29) is 17.5 Å².